The number of imidazole rings is 1. The molecule has 1 aliphatic heterocycles. The smallest absolute Gasteiger partial charge is 0.340 e. The largest absolute Gasteiger partial charge is 2.00 e. The first-order chi connectivity index (χ1) is 26.5. The predicted molar refractivity (Wildman–Crippen MR) is 216 cm³/mol. The summed E-state index contributed by atoms with van der Waals surface area (Å²) in [7, 11) is 0. The average Bonchev–Trinajstić information content (AvgIpc) is 3.85. The maximum atomic E-state index is 17.0. The Morgan fingerprint density at radius 2 is 1.36 bits per heavy atom. The van der Waals surface area contributed by atoms with E-state index in [9.17, 15) is 0 Å². The van der Waals surface area contributed by atoms with E-state index < -0.39 is 11.6 Å². The van der Waals surface area contributed by atoms with Crippen LogP contribution >= 0.6 is 0 Å². The molecule has 0 bridgehead atoms. The summed E-state index contributed by atoms with van der Waals surface area (Å²) in [6.07, 6.45) is 4.06. The third-order valence-corrected chi connectivity index (χ3v) is 11.3. The Morgan fingerprint density at radius 3 is 2.18 bits per heavy atom. The van der Waals surface area contributed by atoms with Gasteiger partial charge in [0.05, 0.1) is 16.7 Å². The Hall–Kier alpha value is -6.10. The van der Waals surface area contributed by atoms with Gasteiger partial charge in [-0.3, -0.25) is 4.98 Å². The zero-order valence-electron chi connectivity index (χ0n) is 29.9. The maximum absolute atomic E-state index is 17.0. The predicted octanol–water partition coefficient (Wildman–Crippen LogP) is 11.9. The third kappa shape index (κ3) is 4.81. The van der Waals surface area contributed by atoms with Gasteiger partial charge in [0, 0.05) is 46.3 Å². The molecule has 0 aliphatic carbocycles. The molecule has 0 fully saturated rings. The average molecular weight is 893 g/mol. The van der Waals surface area contributed by atoms with E-state index in [1.165, 1.54) is 16.3 Å². The molecule has 0 saturated heterocycles. The van der Waals surface area contributed by atoms with Gasteiger partial charge >= 0.3 is 21.1 Å². The van der Waals surface area contributed by atoms with E-state index in [0.717, 1.165) is 66.8 Å². The molecule has 1 atom stereocenters. The maximum Gasteiger partial charge on any atom is 2.00 e. The number of alkyl halides is 1. The van der Waals surface area contributed by atoms with Gasteiger partial charge in [-0.25, -0.2) is 9.37 Å². The van der Waals surface area contributed by atoms with Crippen LogP contribution in [0.25, 0.3) is 54.8 Å². The summed E-state index contributed by atoms with van der Waals surface area (Å²) in [5.74, 6) is 0.747. The number of pyridine rings is 2. The first-order valence-corrected chi connectivity index (χ1v) is 18.2. The fourth-order valence-electron chi connectivity index (χ4n) is 8.85. The minimum Gasteiger partial charge on any atom is -0.340 e. The molecule has 0 amide bonds. The molecule has 1 aliphatic rings. The molecule has 266 valence electrons. The van der Waals surface area contributed by atoms with Crippen molar-refractivity contribution in [3.63, 3.8) is 0 Å². The number of hydrogen-bond acceptors (Lipinski definition) is 3. The van der Waals surface area contributed by atoms with Crippen molar-refractivity contribution in [3.05, 3.63) is 186 Å². The van der Waals surface area contributed by atoms with Crippen LogP contribution in [0.1, 0.15) is 42.3 Å². The van der Waals surface area contributed by atoms with Crippen molar-refractivity contribution in [3.8, 4) is 5.69 Å². The molecular weight excluding hydrogens is 861 g/mol. The molecule has 0 radical (unpaired) electrons. The molecule has 7 heteroatoms. The van der Waals surface area contributed by atoms with Crippen LogP contribution in [0.4, 0.5) is 21.6 Å². The molecule has 4 aromatic heterocycles. The van der Waals surface area contributed by atoms with E-state index in [1.807, 2.05) is 54.7 Å². The molecule has 55 heavy (non-hydrogen) atoms. The molecule has 11 rings (SSSR count). The third-order valence-electron chi connectivity index (χ3n) is 11.3. The quantitative estimate of drug-likeness (QED) is 0.131. The number of anilines is 3. The van der Waals surface area contributed by atoms with Crippen LogP contribution in [0.3, 0.4) is 0 Å². The fourth-order valence-corrected chi connectivity index (χ4v) is 8.85. The normalized spacial score (nSPS) is 14.0. The summed E-state index contributed by atoms with van der Waals surface area (Å²) >= 11 is 0. The second-order valence-corrected chi connectivity index (χ2v) is 14.6. The monoisotopic (exact) mass is 892 g/mol. The van der Waals surface area contributed by atoms with Gasteiger partial charge in [-0.05, 0) is 64.9 Å². The van der Waals surface area contributed by atoms with Gasteiger partial charge in [-0.2, -0.15) is 18.2 Å². The van der Waals surface area contributed by atoms with Crippen LogP contribution in [-0.2, 0) is 26.5 Å². The molecule has 1 unspecified atom stereocenters. The molecule has 0 saturated carbocycles. The van der Waals surface area contributed by atoms with E-state index in [-0.39, 0.29) is 21.1 Å². The van der Waals surface area contributed by atoms with Gasteiger partial charge in [0.2, 0.25) is 0 Å². The number of nitrogens with zero attached hydrogens (tertiary/aromatic N) is 5. The van der Waals surface area contributed by atoms with Crippen molar-refractivity contribution in [1.82, 2.24) is 18.9 Å². The van der Waals surface area contributed by atoms with Crippen LogP contribution in [-0.4, -0.2) is 18.9 Å². The summed E-state index contributed by atoms with van der Waals surface area (Å²) in [5.41, 5.74) is 9.65. The molecule has 6 aromatic carbocycles. The number of fused-ring (bicyclic) bond motifs is 12. The molecule has 10 aromatic rings. The minimum absolute atomic E-state index is 0. The number of benzene rings is 6. The van der Waals surface area contributed by atoms with Gasteiger partial charge in [0.25, 0.3) is 0 Å². The van der Waals surface area contributed by atoms with Gasteiger partial charge in [0.1, 0.15) is 12.0 Å². The van der Waals surface area contributed by atoms with Gasteiger partial charge in [-0.1, -0.05) is 96.5 Å². The summed E-state index contributed by atoms with van der Waals surface area (Å²) in [6.45, 7) is 4.54. The zero-order chi connectivity index (χ0) is 36.1. The van der Waals surface area contributed by atoms with Gasteiger partial charge in [0.15, 0.2) is 0 Å². The topological polar surface area (TPSA) is 38.4 Å². The van der Waals surface area contributed by atoms with E-state index >= 15 is 4.39 Å². The Balaban J connectivity index is 0.00000372. The van der Waals surface area contributed by atoms with Crippen molar-refractivity contribution in [1.29, 1.82) is 0 Å². The molecule has 0 spiro atoms. The van der Waals surface area contributed by atoms with Crippen LogP contribution in [0, 0.1) is 12.1 Å². The number of hydrogen-bond donors (Lipinski definition) is 0. The Bertz CT molecular complexity index is 3110. The van der Waals surface area contributed by atoms with E-state index in [2.05, 4.69) is 130 Å². The number of para-hydroxylation sites is 3. The Morgan fingerprint density at radius 1 is 0.636 bits per heavy atom. The molecule has 5 nitrogen and oxygen atoms in total. The van der Waals surface area contributed by atoms with Crippen LogP contribution in [0.15, 0.2) is 152 Å². The summed E-state index contributed by atoms with van der Waals surface area (Å²) < 4.78 is 21.4. The minimum atomic E-state index is -1.47. The molecule has 5 heterocycles. The van der Waals surface area contributed by atoms with E-state index in [1.54, 1.807) is 12.4 Å². The first kappa shape index (κ1) is 33.5. The summed E-state index contributed by atoms with van der Waals surface area (Å²) in [5, 5.41) is 5.24. The van der Waals surface area contributed by atoms with Crippen LogP contribution in [0.2, 0.25) is 0 Å². The molecule has 0 N–H and O–H groups in total. The van der Waals surface area contributed by atoms with Crippen molar-refractivity contribution < 1.29 is 25.5 Å². The Kier molecular flexibility index (Phi) is 7.59. The van der Waals surface area contributed by atoms with Crippen molar-refractivity contribution in [2.45, 2.75) is 25.4 Å². The van der Waals surface area contributed by atoms with Crippen molar-refractivity contribution in [2.24, 2.45) is 0 Å². The Labute approximate surface area is 331 Å². The van der Waals surface area contributed by atoms with Crippen molar-refractivity contribution >= 4 is 66.3 Å². The van der Waals surface area contributed by atoms with Crippen LogP contribution < -0.4 is 4.90 Å². The van der Waals surface area contributed by atoms with E-state index in [4.69, 9.17) is 4.98 Å². The van der Waals surface area contributed by atoms with Crippen LogP contribution in [0.5, 0.6) is 0 Å². The fraction of sp³-hybridized carbons (Fsp3) is 0.0833. The summed E-state index contributed by atoms with van der Waals surface area (Å²) in [6, 6.07) is 52.6. The summed E-state index contributed by atoms with van der Waals surface area (Å²) in [4.78, 5) is 11.7. The van der Waals surface area contributed by atoms with Gasteiger partial charge in [-0.15, -0.1) is 29.3 Å². The van der Waals surface area contributed by atoms with E-state index in [0.29, 0.717) is 11.1 Å². The standard InChI is InChI=1S/C48H32FN5.Pt/c1-48(2)37-22-20-31(46(49)30-19-21-33-34-14-6-8-16-38(34)52-27-26-51-47(52)36(33)28-30)29-42(37)54(43-18-10-11-25-50-43)41-24-23-40-44(45(41)48)35-15-7-9-17-39(35)53(40)32-12-4-3-5-13-32;/h3-27,46H,1-2H3;/q-2;+2. The second kappa shape index (κ2) is 12.5. The number of rotatable bonds is 4. The van der Waals surface area contributed by atoms with Crippen molar-refractivity contribution in [2.75, 3.05) is 4.90 Å². The number of aromatic nitrogens is 4. The first-order valence-electron chi connectivity index (χ1n) is 18.2. The van der Waals surface area contributed by atoms with Gasteiger partial charge < -0.3 is 13.9 Å². The SMILES string of the molecule is CC1(C)c2ccc(C(F)c3[c-]c4c(cc3)c3ccccc3n3ccnc43)[c-]c2N(c2ccccn2)c2ccc3c(c21)c1ccccc1n3-c1ccccc1.[Pt+2]. The number of halogens is 1. The second-order valence-electron chi connectivity index (χ2n) is 14.6. The molecular formula is C48H32FN5Pt. The zero-order valence-corrected chi connectivity index (χ0v) is 32.2.